The van der Waals surface area contributed by atoms with Gasteiger partial charge in [-0.05, 0) is 37.3 Å². The van der Waals surface area contributed by atoms with Gasteiger partial charge in [0.05, 0.1) is 0 Å². The van der Waals surface area contributed by atoms with Gasteiger partial charge < -0.3 is 15.5 Å². The number of aliphatic imine (C=N–C) groups is 1. The van der Waals surface area contributed by atoms with E-state index in [1.165, 1.54) is 18.9 Å². The van der Waals surface area contributed by atoms with Gasteiger partial charge in [0.15, 0.2) is 5.96 Å². The SMILES string of the molecule is CN=C(NC1CCN(C(=O)C2CCCC2)C1)NC1CC1c1ccccc1F. The molecular formula is C21H29FN4O. The molecule has 0 aromatic heterocycles. The molecular weight excluding hydrogens is 343 g/mol. The van der Waals surface area contributed by atoms with Gasteiger partial charge in [0.1, 0.15) is 5.82 Å². The summed E-state index contributed by atoms with van der Waals surface area (Å²) in [5.74, 6) is 1.40. The van der Waals surface area contributed by atoms with E-state index in [4.69, 9.17) is 0 Å². The number of guanidine groups is 1. The zero-order valence-electron chi connectivity index (χ0n) is 16.0. The van der Waals surface area contributed by atoms with Gasteiger partial charge in [-0.2, -0.15) is 0 Å². The largest absolute Gasteiger partial charge is 0.353 e. The number of carbonyl (C=O) groups is 1. The maximum Gasteiger partial charge on any atom is 0.225 e. The number of rotatable bonds is 4. The lowest BCUT2D eigenvalue weighted by molar-refractivity contribution is -0.134. The van der Waals surface area contributed by atoms with Gasteiger partial charge in [-0.25, -0.2) is 4.39 Å². The zero-order chi connectivity index (χ0) is 18.8. The average molecular weight is 372 g/mol. The molecule has 1 amide bonds. The Balaban J connectivity index is 1.27. The van der Waals surface area contributed by atoms with Gasteiger partial charge >= 0.3 is 0 Å². The number of likely N-dealkylation sites (tertiary alicyclic amines) is 1. The number of nitrogens with one attached hydrogen (secondary N) is 2. The van der Waals surface area contributed by atoms with Crippen LogP contribution in [0.4, 0.5) is 4.39 Å². The second kappa shape index (κ2) is 7.87. The number of carbonyl (C=O) groups excluding carboxylic acids is 1. The molecule has 5 nitrogen and oxygen atoms in total. The van der Waals surface area contributed by atoms with E-state index in [-0.39, 0.29) is 29.7 Å². The molecule has 1 aromatic rings. The van der Waals surface area contributed by atoms with Crippen LogP contribution in [0.1, 0.15) is 50.0 Å². The van der Waals surface area contributed by atoms with Crippen LogP contribution in [0.15, 0.2) is 29.3 Å². The van der Waals surface area contributed by atoms with Crippen LogP contribution in [0.25, 0.3) is 0 Å². The summed E-state index contributed by atoms with van der Waals surface area (Å²) in [5, 5.41) is 6.86. The highest BCUT2D eigenvalue weighted by atomic mass is 19.1. The van der Waals surface area contributed by atoms with Crippen molar-refractivity contribution in [3.05, 3.63) is 35.6 Å². The van der Waals surface area contributed by atoms with Crippen LogP contribution in [0, 0.1) is 11.7 Å². The van der Waals surface area contributed by atoms with Crippen molar-refractivity contribution in [2.75, 3.05) is 20.1 Å². The van der Waals surface area contributed by atoms with Gasteiger partial charge in [0.2, 0.25) is 5.91 Å². The first-order chi connectivity index (χ1) is 13.2. The van der Waals surface area contributed by atoms with Crippen LogP contribution in [-0.4, -0.2) is 49.0 Å². The fraction of sp³-hybridized carbons (Fsp3) is 0.619. The van der Waals surface area contributed by atoms with Gasteiger partial charge in [-0.1, -0.05) is 31.0 Å². The lowest BCUT2D eigenvalue weighted by atomic mass is 10.1. The zero-order valence-corrected chi connectivity index (χ0v) is 16.0. The van der Waals surface area contributed by atoms with Crippen LogP contribution in [-0.2, 0) is 4.79 Å². The fourth-order valence-corrected chi connectivity index (χ4v) is 4.52. The molecule has 27 heavy (non-hydrogen) atoms. The molecule has 3 atom stereocenters. The summed E-state index contributed by atoms with van der Waals surface area (Å²) in [6.07, 6.45) is 6.34. The summed E-state index contributed by atoms with van der Waals surface area (Å²) in [5.41, 5.74) is 0.777. The average Bonchev–Trinajstić information content (AvgIpc) is 3.07. The number of halogens is 1. The summed E-state index contributed by atoms with van der Waals surface area (Å²) in [6.45, 7) is 1.57. The molecule has 1 aliphatic heterocycles. The molecule has 6 heteroatoms. The molecule has 2 N–H and O–H groups in total. The van der Waals surface area contributed by atoms with Gasteiger partial charge in [0.25, 0.3) is 0 Å². The molecule has 146 valence electrons. The summed E-state index contributed by atoms with van der Waals surface area (Å²) in [4.78, 5) is 18.9. The Hall–Kier alpha value is -2.11. The molecule has 0 bridgehead atoms. The van der Waals surface area contributed by atoms with Crippen molar-refractivity contribution >= 4 is 11.9 Å². The predicted octanol–water partition coefficient (Wildman–Crippen LogP) is 2.64. The quantitative estimate of drug-likeness (QED) is 0.631. The smallest absolute Gasteiger partial charge is 0.225 e. The minimum atomic E-state index is -0.133. The van der Waals surface area contributed by atoms with E-state index in [0.717, 1.165) is 50.3 Å². The van der Waals surface area contributed by atoms with Gasteiger partial charge in [0, 0.05) is 44.1 Å². The van der Waals surface area contributed by atoms with E-state index in [1.54, 1.807) is 13.1 Å². The summed E-state index contributed by atoms with van der Waals surface area (Å²) in [6, 6.07) is 7.43. The number of amides is 1. The summed E-state index contributed by atoms with van der Waals surface area (Å²) >= 11 is 0. The first-order valence-electron chi connectivity index (χ1n) is 10.2. The van der Waals surface area contributed by atoms with Crippen molar-refractivity contribution in [3.63, 3.8) is 0 Å². The molecule has 3 unspecified atom stereocenters. The molecule has 1 aromatic carbocycles. The third kappa shape index (κ3) is 4.09. The van der Waals surface area contributed by atoms with Crippen molar-refractivity contribution in [2.45, 2.75) is 56.5 Å². The topological polar surface area (TPSA) is 56.7 Å². The molecule has 3 fully saturated rings. The summed E-state index contributed by atoms with van der Waals surface area (Å²) < 4.78 is 13.9. The highest BCUT2D eigenvalue weighted by Gasteiger charge is 2.41. The predicted molar refractivity (Wildman–Crippen MR) is 104 cm³/mol. The summed E-state index contributed by atoms with van der Waals surface area (Å²) in [7, 11) is 1.76. The Morgan fingerprint density at radius 3 is 2.70 bits per heavy atom. The second-order valence-electron chi connectivity index (χ2n) is 8.08. The van der Waals surface area contributed by atoms with Gasteiger partial charge in [-0.15, -0.1) is 0 Å². The highest BCUT2D eigenvalue weighted by Crippen LogP contribution is 2.41. The number of nitrogens with zero attached hydrogens (tertiary/aromatic N) is 2. The van der Waals surface area contributed by atoms with E-state index < -0.39 is 0 Å². The molecule has 2 saturated carbocycles. The molecule has 1 heterocycles. The Bertz CT molecular complexity index is 716. The van der Waals surface area contributed by atoms with Crippen molar-refractivity contribution in [1.29, 1.82) is 0 Å². The Morgan fingerprint density at radius 2 is 1.96 bits per heavy atom. The normalized spacial score (nSPS) is 28.4. The molecule has 0 spiro atoms. The Morgan fingerprint density at radius 1 is 1.19 bits per heavy atom. The number of benzene rings is 1. The van der Waals surface area contributed by atoms with Crippen molar-refractivity contribution in [1.82, 2.24) is 15.5 Å². The molecule has 4 rings (SSSR count). The van der Waals surface area contributed by atoms with E-state index in [1.807, 2.05) is 17.0 Å². The number of hydrogen-bond acceptors (Lipinski definition) is 2. The monoisotopic (exact) mass is 372 g/mol. The van der Waals surface area contributed by atoms with Crippen LogP contribution < -0.4 is 10.6 Å². The molecule has 0 radical (unpaired) electrons. The highest BCUT2D eigenvalue weighted by molar-refractivity contribution is 5.82. The minimum absolute atomic E-state index is 0.133. The van der Waals surface area contributed by atoms with Crippen molar-refractivity contribution in [2.24, 2.45) is 10.9 Å². The Labute approximate surface area is 160 Å². The maximum absolute atomic E-state index is 13.9. The fourth-order valence-electron chi connectivity index (χ4n) is 4.52. The maximum atomic E-state index is 13.9. The lowest BCUT2D eigenvalue weighted by Gasteiger charge is -2.21. The van der Waals surface area contributed by atoms with E-state index in [9.17, 15) is 9.18 Å². The van der Waals surface area contributed by atoms with Crippen molar-refractivity contribution < 1.29 is 9.18 Å². The van der Waals surface area contributed by atoms with Crippen LogP contribution in [0.5, 0.6) is 0 Å². The van der Waals surface area contributed by atoms with Crippen LogP contribution >= 0.6 is 0 Å². The van der Waals surface area contributed by atoms with Gasteiger partial charge in [-0.3, -0.25) is 9.79 Å². The van der Waals surface area contributed by atoms with Crippen molar-refractivity contribution in [3.8, 4) is 0 Å². The molecule has 3 aliphatic rings. The second-order valence-corrected chi connectivity index (χ2v) is 8.08. The van der Waals surface area contributed by atoms with E-state index in [2.05, 4.69) is 15.6 Å². The Kier molecular flexibility index (Phi) is 5.32. The molecule has 2 aliphatic carbocycles. The first kappa shape index (κ1) is 18.3. The molecule has 1 saturated heterocycles. The van der Waals surface area contributed by atoms with E-state index in [0.29, 0.717) is 5.91 Å². The first-order valence-corrected chi connectivity index (χ1v) is 10.2. The standard InChI is InChI=1S/C21H29FN4O/c1-23-21(25-19-12-17(19)16-8-4-5-9-18(16)22)24-15-10-11-26(13-15)20(27)14-6-2-3-7-14/h4-5,8-9,14-15,17,19H,2-3,6-7,10-13H2,1H3,(H2,23,24,25). The van der Waals surface area contributed by atoms with E-state index >= 15 is 0 Å². The number of hydrogen-bond donors (Lipinski definition) is 2. The minimum Gasteiger partial charge on any atom is -0.353 e. The third-order valence-electron chi connectivity index (χ3n) is 6.19. The lowest BCUT2D eigenvalue weighted by Crippen LogP contribution is -2.46. The third-order valence-corrected chi connectivity index (χ3v) is 6.19. The van der Waals surface area contributed by atoms with Crippen LogP contribution in [0.3, 0.4) is 0 Å². The van der Waals surface area contributed by atoms with Crippen LogP contribution in [0.2, 0.25) is 0 Å².